The highest BCUT2D eigenvalue weighted by atomic mass is 16.7. The van der Waals surface area contributed by atoms with E-state index in [0.29, 0.717) is 24.3 Å². The summed E-state index contributed by atoms with van der Waals surface area (Å²) in [5.74, 6) is 0. The Bertz CT molecular complexity index is 627. The monoisotopic (exact) mass is 345 g/mol. The van der Waals surface area contributed by atoms with Crippen molar-refractivity contribution in [2.24, 2.45) is 0 Å². The number of nitriles is 1. The van der Waals surface area contributed by atoms with Gasteiger partial charge in [-0.15, -0.1) is 0 Å². The zero-order valence-corrected chi connectivity index (χ0v) is 15.6. The van der Waals surface area contributed by atoms with E-state index in [1.165, 1.54) is 0 Å². The van der Waals surface area contributed by atoms with Gasteiger partial charge in [-0.25, -0.2) is 4.79 Å². The van der Waals surface area contributed by atoms with Gasteiger partial charge in [-0.05, 0) is 51.8 Å². The highest BCUT2D eigenvalue weighted by Crippen LogP contribution is 2.15. The molecule has 1 amide bonds. The number of amides is 1. The summed E-state index contributed by atoms with van der Waals surface area (Å²) in [5, 5.41) is 13.3. The van der Waals surface area contributed by atoms with Crippen LogP contribution >= 0.6 is 0 Å². The first-order valence-corrected chi connectivity index (χ1v) is 8.20. The summed E-state index contributed by atoms with van der Waals surface area (Å²) < 4.78 is 5.34. The van der Waals surface area contributed by atoms with Crippen molar-refractivity contribution in [3.05, 3.63) is 47.7 Å². The summed E-state index contributed by atoms with van der Waals surface area (Å²) in [5.41, 5.74) is 1.57. The minimum absolute atomic E-state index is 0.403. The van der Waals surface area contributed by atoms with Crippen molar-refractivity contribution in [3.63, 3.8) is 0 Å². The number of hydrogen-bond acceptors (Lipinski definition) is 5. The van der Waals surface area contributed by atoms with Gasteiger partial charge in [-0.1, -0.05) is 18.7 Å². The molecule has 1 atom stereocenters. The first kappa shape index (κ1) is 20.5. The highest BCUT2D eigenvalue weighted by Gasteiger charge is 2.23. The fourth-order valence-electron chi connectivity index (χ4n) is 2.15. The van der Waals surface area contributed by atoms with Crippen molar-refractivity contribution >= 4 is 6.09 Å². The summed E-state index contributed by atoms with van der Waals surface area (Å²) in [6.45, 7) is 11.8. The molecule has 0 aliphatic carbocycles. The van der Waals surface area contributed by atoms with Crippen LogP contribution in [0.5, 0.6) is 0 Å². The van der Waals surface area contributed by atoms with Crippen LogP contribution in [0.1, 0.15) is 38.8 Å². The van der Waals surface area contributed by atoms with Gasteiger partial charge in [0.05, 0.1) is 30.0 Å². The van der Waals surface area contributed by atoms with Crippen LogP contribution in [0.4, 0.5) is 4.79 Å². The maximum absolute atomic E-state index is 12.2. The summed E-state index contributed by atoms with van der Waals surface area (Å²) in [6, 6.07) is 8.89. The van der Waals surface area contributed by atoms with E-state index >= 15 is 0 Å². The smallest absolute Gasteiger partial charge is 0.408 e. The normalized spacial score (nSPS) is 12.0. The van der Waals surface area contributed by atoms with Gasteiger partial charge < -0.3 is 10.1 Å². The van der Waals surface area contributed by atoms with Gasteiger partial charge in [0.1, 0.15) is 5.60 Å². The molecule has 0 unspecified atom stereocenters. The van der Waals surface area contributed by atoms with Crippen molar-refractivity contribution in [1.82, 2.24) is 10.4 Å². The molecule has 0 aliphatic rings. The van der Waals surface area contributed by atoms with Gasteiger partial charge >= 0.3 is 6.09 Å². The third kappa shape index (κ3) is 7.27. The topological polar surface area (TPSA) is 74.6 Å². The van der Waals surface area contributed by atoms with Crippen LogP contribution in [-0.4, -0.2) is 36.5 Å². The number of ether oxygens (including phenoxy) is 1. The lowest BCUT2D eigenvalue weighted by Crippen LogP contribution is -2.44. The Morgan fingerprint density at radius 2 is 1.96 bits per heavy atom. The molecule has 0 fully saturated rings. The van der Waals surface area contributed by atoms with E-state index in [4.69, 9.17) is 14.8 Å². The van der Waals surface area contributed by atoms with Gasteiger partial charge in [0.15, 0.2) is 0 Å². The average Bonchev–Trinajstić information content (AvgIpc) is 2.52. The van der Waals surface area contributed by atoms with E-state index in [2.05, 4.69) is 18.0 Å². The van der Waals surface area contributed by atoms with Crippen molar-refractivity contribution in [2.75, 3.05) is 13.7 Å². The van der Waals surface area contributed by atoms with Crippen LogP contribution < -0.4 is 5.32 Å². The van der Waals surface area contributed by atoms with Crippen molar-refractivity contribution in [1.29, 1.82) is 5.26 Å². The third-order valence-electron chi connectivity index (χ3n) is 3.34. The van der Waals surface area contributed by atoms with Crippen LogP contribution in [0, 0.1) is 11.3 Å². The number of rotatable bonds is 7. The van der Waals surface area contributed by atoms with E-state index in [1.807, 2.05) is 39.8 Å². The van der Waals surface area contributed by atoms with Crippen molar-refractivity contribution in [3.8, 4) is 6.07 Å². The lowest BCUT2D eigenvalue weighted by Gasteiger charge is -2.29. The molecule has 6 nitrogen and oxygen atoms in total. The number of hydroxylamine groups is 2. The van der Waals surface area contributed by atoms with Gasteiger partial charge in [-0.3, -0.25) is 9.90 Å². The number of likely N-dealkylation sites (N-methyl/N-ethyl adjacent to an activating group) is 1. The Morgan fingerprint density at radius 3 is 2.44 bits per heavy atom. The van der Waals surface area contributed by atoms with Crippen LogP contribution in [0.15, 0.2) is 36.5 Å². The number of nitrogens with one attached hydrogen (secondary N) is 1. The minimum Gasteiger partial charge on any atom is -0.444 e. The fraction of sp³-hybridized carbons (Fsp3) is 0.474. The Balaban J connectivity index is 2.91. The maximum atomic E-state index is 12.2. The molecular weight excluding hydrogens is 318 g/mol. The van der Waals surface area contributed by atoms with E-state index < -0.39 is 17.7 Å². The maximum Gasteiger partial charge on any atom is 0.408 e. The first-order valence-electron chi connectivity index (χ1n) is 8.20. The van der Waals surface area contributed by atoms with Crippen LogP contribution in [0.3, 0.4) is 0 Å². The van der Waals surface area contributed by atoms with Crippen LogP contribution in [0.25, 0.3) is 0 Å². The lowest BCUT2D eigenvalue weighted by atomic mass is 10.0. The molecule has 0 heterocycles. The van der Waals surface area contributed by atoms with Crippen molar-refractivity contribution in [2.45, 2.75) is 45.8 Å². The Kier molecular flexibility index (Phi) is 7.46. The van der Waals surface area contributed by atoms with Gasteiger partial charge in [0.2, 0.25) is 0 Å². The predicted molar refractivity (Wildman–Crippen MR) is 96.5 cm³/mol. The molecule has 0 bridgehead atoms. The van der Waals surface area contributed by atoms with Gasteiger partial charge in [-0.2, -0.15) is 5.26 Å². The second-order valence-electron chi connectivity index (χ2n) is 6.62. The van der Waals surface area contributed by atoms with Crippen molar-refractivity contribution < 1.29 is 14.4 Å². The molecule has 0 radical (unpaired) electrons. The molecule has 25 heavy (non-hydrogen) atoms. The largest absolute Gasteiger partial charge is 0.444 e. The first-order chi connectivity index (χ1) is 11.7. The van der Waals surface area contributed by atoms with E-state index in [-0.39, 0.29) is 0 Å². The Labute approximate surface area is 150 Å². The Morgan fingerprint density at radius 1 is 1.36 bits per heavy atom. The third-order valence-corrected chi connectivity index (χ3v) is 3.34. The molecule has 0 saturated heterocycles. The summed E-state index contributed by atoms with van der Waals surface area (Å²) in [7, 11) is 1.74. The molecule has 1 N–H and O–H groups in total. The number of alkyl carbamates (subject to hydrolysis) is 1. The van der Waals surface area contributed by atoms with Gasteiger partial charge in [0.25, 0.3) is 0 Å². The molecule has 0 spiro atoms. The average molecular weight is 345 g/mol. The Hall–Kier alpha value is -2.52. The second kappa shape index (κ2) is 9.09. The number of nitrogens with zero attached hydrogens (tertiary/aromatic N) is 2. The predicted octanol–water partition coefficient (Wildman–Crippen LogP) is 3.39. The molecule has 136 valence electrons. The number of carbonyl (C=O) groups is 1. The summed E-state index contributed by atoms with van der Waals surface area (Å²) >= 11 is 0. The molecule has 0 aliphatic heterocycles. The van der Waals surface area contributed by atoms with E-state index in [1.54, 1.807) is 24.2 Å². The van der Waals surface area contributed by atoms with E-state index in [9.17, 15) is 4.79 Å². The standard InChI is InChI=1S/C19H27N3O3/c1-7-24-22(6)14(2)17(21-18(23)25-19(3,4)5)12-15-8-10-16(13-20)11-9-15/h8-11,17H,2,7,12H2,1,3-6H3,(H,21,23)/t17-/m1/s1. The molecule has 1 aromatic carbocycles. The molecule has 0 saturated carbocycles. The van der Waals surface area contributed by atoms with E-state index in [0.717, 1.165) is 5.56 Å². The molecule has 0 aromatic heterocycles. The summed E-state index contributed by atoms with van der Waals surface area (Å²) in [4.78, 5) is 17.6. The van der Waals surface area contributed by atoms with Crippen LogP contribution in [0.2, 0.25) is 0 Å². The molecule has 1 rings (SSSR count). The van der Waals surface area contributed by atoms with Crippen LogP contribution in [-0.2, 0) is 16.0 Å². The molecule has 1 aromatic rings. The SMILES string of the molecule is C=C([C@@H](Cc1ccc(C#N)cc1)NC(=O)OC(C)(C)C)N(C)OCC. The molecule has 6 heteroatoms. The zero-order chi connectivity index (χ0) is 19.0. The summed E-state index contributed by atoms with van der Waals surface area (Å²) in [6.07, 6.45) is -0.0153. The zero-order valence-electron chi connectivity index (χ0n) is 15.6. The molecular formula is C19H27N3O3. The highest BCUT2D eigenvalue weighted by molar-refractivity contribution is 5.68. The lowest BCUT2D eigenvalue weighted by molar-refractivity contribution is -0.110. The quantitative estimate of drug-likeness (QED) is 0.767. The number of hydrogen-bond donors (Lipinski definition) is 1. The fourth-order valence-corrected chi connectivity index (χ4v) is 2.15. The van der Waals surface area contributed by atoms with Gasteiger partial charge in [0, 0.05) is 7.05 Å². The minimum atomic E-state index is -0.587. The number of carbonyl (C=O) groups excluding carboxylic acids is 1. The second-order valence-corrected chi connectivity index (χ2v) is 6.62. The number of benzene rings is 1.